The molecule has 7 nitrogen and oxygen atoms in total. The van der Waals surface area contributed by atoms with Crippen LogP contribution in [0.1, 0.15) is 25.6 Å². The van der Waals surface area contributed by atoms with Crippen molar-refractivity contribution in [1.29, 1.82) is 0 Å². The van der Waals surface area contributed by atoms with Gasteiger partial charge in [-0.25, -0.2) is 5.01 Å². The molecule has 0 radical (unpaired) electrons. The minimum Gasteiger partial charge on any atom is -0.494 e. The number of morpholine rings is 1. The van der Waals surface area contributed by atoms with Crippen LogP contribution in [-0.2, 0) is 9.53 Å². The van der Waals surface area contributed by atoms with Crippen molar-refractivity contribution < 1.29 is 14.3 Å². The van der Waals surface area contributed by atoms with Gasteiger partial charge >= 0.3 is 0 Å². The Kier molecular flexibility index (Phi) is 7.11. The summed E-state index contributed by atoms with van der Waals surface area (Å²) in [6.45, 7) is 7.29. The monoisotopic (exact) mass is 504 g/mol. The van der Waals surface area contributed by atoms with Gasteiger partial charge in [0.1, 0.15) is 5.75 Å². The van der Waals surface area contributed by atoms with Crippen molar-refractivity contribution in [3.8, 4) is 5.75 Å². The summed E-state index contributed by atoms with van der Waals surface area (Å²) in [6.07, 6.45) is -0.359. The van der Waals surface area contributed by atoms with Crippen molar-refractivity contribution in [2.75, 3.05) is 47.7 Å². The number of benzene rings is 3. The maximum atomic E-state index is 12.8. The number of carbonyl (C=O) groups excluding carboxylic acids is 1. The van der Waals surface area contributed by atoms with Gasteiger partial charge in [-0.3, -0.25) is 9.69 Å². The molecule has 0 aromatic heterocycles. The average Bonchev–Trinajstić information content (AvgIpc) is 3.31. The van der Waals surface area contributed by atoms with E-state index >= 15 is 0 Å². The number of halogens is 1. The van der Waals surface area contributed by atoms with E-state index in [-0.39, 0.29) is 11.9 Å². The molecule has 1 atom stereocenters. The predicted molar refractivity (Wildman–Crippen MR) is 144 cm³/mol. The highest BCUT2D eigenvalue weighted by Gasteiger charge is 2.39. The Balaban J connectivity index is 1.56. The third-order valence-electron chi connectivity index (χ3n) is 6.31. The first-order valence-electron chi connectivity index (χ1n) is 12.1. The maximum absolute atomic E-state index is 12.8. The summed E-state index contributed by atoms with van der Waals surface area (Å²) in [5.74, 6) is 1.04. The van der Waals surface area contributed by atoms with E-state index in [2.05, 4.69) is 29.2 Å². The fourth-order valence-electron chi connectivity index (χ4n) is 4.57. The van der Waals surface area contributed by atoms with Gasteiger partial charge < -0.3 is 14.4 Å². The molecule has 2 heterocycles. The Morgan fingerprint density at radius 1 is 0.944 bits per heavy atom. The van der Waals surface area contributed by atoms with Crippen LogP contribution in [0.25, 0.3) is 0 Å². The molecule has 8 heteroatoms. The molecule has 2 aliphatic rings. The molecule has 0 bridgehead atoms. The molecule has 5 rings (SSSR count). The van der Waals surface area contributed by atoms with Gasteiger partial charge in [-0.1, -0.05) is 23.7 Å². The van der Waals surface area contributed by atoms with Crippen LogP contribution in [0.4, 0.5) is 17.1 Å². The van der Waals surface area contributed by atoms with E-state index in [0.29, 0.717) is 17.5 Å². The van der Waals surface area contributed by atoms with E-state index < -0.39 is 0 Å². The summed E-state index contributed by atoms with van der Waals surface area (Å²) >= 11 is 6.16. The number of hydrogen-bond donors (Lipinski definition) is 0. The van der Waals surface area contributed by atoms with Crippen molar-refractivity contribution in [2.24, 2.45) is 5.10 Å². The summed E-state index contributed by atoms with van der Waals surface area (Å²) < 4.78 is 11.1. The number of hydrogen-bond acceptors (Lipinski definition) is 7. The first kappa shape index (κ1) is 24.2. The molecule has 1 saturated heterocycles. The van der Waals surface area contributed by atoms with Gasteiger partial charge in [-0.15, -0.1) is 5.10 Å². The number of amidine groups is 1. The number of carbonyl (C=O) groups is 1. The Labute approximate surface area is 216 Å². The molecule has 0 aliphatic carbocycles. The highest BCUT2D eigenvalue weighted by molar-refractivity contribution is 6.44. The summed E-state index contributed by atoms with van der Waals surface area (Å²) in [7, 11) is 0. The van der Waals surface area contributed by atoms with Crippen molar-refractivity contribution in [3.05, 3.63) is 83.4 Å². The smallest absolute Gasteiger partial charge is 0.198 e. The minimum absolute atomic E-state index is 0.115. The van der Waals surface area contributed by atoms with Gasteiger partial charge in [-0.05, 0) is 73.2 Å². The second-order valence-electron chi connectivity index (χ2n) is 8.66. The highest BCUT2D eigenvalue weighted by Crippen LogP contribution is 2.40. The van der Waals surface area contributed by atoms with Gasteiger partial charge in [0.05, 0.1) is 25.5 Å². The molecule has 0 saturated carbocycles. The topological polar surface area (TPSA) is 57.6 Å². The molecule has 0 N–H and O–H groups in total. The van der Waals surface area contributed by atoms with Crippen LogP contribution < -0.4 is 19.5 Å². The summed E-state index contributed by atoms with van der Waals surface area (Å²) in [6, 6.07) is 23.7. The third kappa shape index (κ3) is 4.90. The van der Waals surface area contributed by atoms with Crippen LogP contribution in [0.5, 0.6) is 5.75 Å². The quantitative estimate of drug-likeness (QED) is 0.423. The molecule has 186 valence electrons. The number of anilines is 3. The Hall–Kier alpha value is -3.55. The van der Waals surface area contributed by atoms with Crippen molar-refractivity contribution in [3.63, 3.8) is 0 Å². The minimum atomic E-state index is -0.359. The summed E-state index contributed by atoms with van der Waals surface area (Å²) in [5.41, 5.74) is 3.86. The molecule has 3 aromatic rings. The van der Waals surface area contributed by atoms with Crippen molar-refractivity contribution in [2.45, 2.75) is 20.0 Å². The van der Waals surface area contributed by atoms with Gasteiger partial charge in [0.2, 0.25) is 0 Å². The molecule has 0 spiro atoms. The second-order valence-corrected chi connectivity index (χ2v) is 9.10. The van der Waals surface area contributed by atoms with Crippen molar-refractivity contribution in [1.82, 2.24) is 0 Å². The Morgan fingerprint density at radius 2 is 1.56 bits per heavy atom. The van der Waals surface area contributed by atoms with Crippen LogP contribution in [0.3, 0.4) is 0 Å². The van der Waals surface area contributed by atoms with Gasteiger partial charge in [0.15, 0.2) is 17.8 Å². The molecule has 1 fully saturated rings. The molecular formula is C28H29ClN4O3. The Morgan fingerprint density at radius 3 is 2.17 bits per heavy atom. The number of Topliss-reactive ketones (excluding diaryl/α,β-unsaturated/α-hetero) is 1. The largest absolute Gasteiger partial charge is 0.494 e. The molecular weight excluding hydrogens is 476 g/mol. The zero-order valence-corrected chi connectivity index (χ0v) is 21.2. The molecule has 36 heavy (non-hydrogen) atoms. The van der Waals surface area contributed by atoms with E-state index in [1.165, 1.54) is 0 Å². The Bertz CT molecular complexity index is 1220. The highest BCUT2D eigenvalue weighted by atomic mass is 35.5. The molecule has 2 aliphatic heterocycles. The van der Waals surface area contributed by atoms with Gasteiger partial charge in [0, 0.05) is 36.4 Å². The van der Waals surface area contributed by atoms with Crippen LogP contribution >= 0.6 is 11.6 Å². The van der Waals surface area contributed by atoms with E-state index in [9.17, 15) is 4.79 Å². The molecule has 0 unspecified atom stereocenters. The normalized spacial score (nSPS) is 17.8. The number of rotatable bonds is 7. The van der Waals surface area contributed by atoms with Crippen LogP contribution in [0.2, 0.25) is 5.02 Å². The summed E-state index contributed by atoms with van der Waals surface area (Å²) in [4.78, 5) is 17.1. The van der Waals surface area contributed by atoms with Crippen LogP contribution in [0.15, 0.2) is 77.9 Å². The summed E-state index contributed by atoms with van der Waals surface area (Å²) in [5, 5.41) is 7.32. The lowest BCUT2D eigenvalue weighted by atomic mass is 10.1. The number of hydrazone groups is 1. The average molecular weight is 505 g/mol. The zero-order chi connectivity index (χ0) is 25.1. The molecule has 3 aromatic carbocycles. The fourth-order valence-corrected chi connectivity index (χ4v) is 4.69. The zero-order valence-electron chi connectivity index (χ0n) is 20.4. The van der Waals surface area contributed by atoms with Crippen LogP contribution in [0, 0.1) is 0 Å². The first-order valence-corrected chi connectivity index (χ1v) is 12.5. The SMILES string of the molecule is CCOc1ccc(N2C(C(C)=O)=NN(c3ccc(Cl)cc3)[C@@H]2c2ccc(N3CCOCC3)cc2)cc1. The van der Waals surface area contributed by atoms with Gasteiger partial charge in [0.25, 0.3) is 0 Å². The number of ether oxygens (including phenoxy) is 2. The maximum Gasteiger partial charge on any atom is 0.198 e. The van der Waals surface area contributed by atoms with E-state index in [1.54, 1.807) is 6.92 Å². The first-order chi connectivity index (χ1) is 17.5. The van der Waals surface area contributed by atoms with Crippen molar-refractivity contribution >= 4 is 40.3 Å². The second kappa shape index (κ2) is 10.6. The number of ketones is 1. The predicted octanol–water partition coefficient (Wildman–Crippen LogP) is 5.50. The standard InChI is InChI=1S/C28H29ClN4O3/c1-3-36-26-14-12-24(13-15-26)32-27(20(2)34)30-33(25-10-6-22(29)7-11-25)28(32)21-4-8-23(9-5-21)31-16-18-35-19-17-31/h4-15,28H,3,16-19H2,1-2H3/t28-/m1/s1. The van der Waals surface area contributed by atoms with Crippen LogP contribution in [-0.4, -0.2) is 44.5 Å². The lowest BCUT2D eigenvalue weighted by Crippen LogP contribution is -2.38. The third-order valence-corrected chi connectivity index (χ3v) is 6.56. The molecule has 0 amide bonds. The van der Waals surface area contributed by atoms with E-state index in [0.717, 1.165) is 54.7 Å². The number of nitrogens with zero attached hydrogens (tertiary/aromatic N) is 4. The van der Waals surface area contributed by atoms with Gasteiger partial charge in [-0.2, -0.15) is 0 Å². The lowest BCUT2D eigenvalue weighted by Gasteiger charge is -2.33. The van der Waals surface area contributed by atoms with E-state index in [1.807, 2.05) is 65.4 Å². The fraction of sp³-hybridized carbons (Fsp3) is 0.286. The van der Waals surface area contributed by atoms with E-state index in [4.69, 9.17) is 26.2 Å². The lowest BCUT2D eigenvalue weighted by molar-refractivity contribution is -0.111.